The van der Waals surface area contributed by atoms with E-state index in [4.69, 9.17) is 16.3 Å². The van der Waals surface area contributed by atoms with E-state index < -0.39 is 0 Å². The molecule has 0 bridgehead atoms. The summed E-state index contributed by atoms with van der Waals surface area (Å²) in [6, 6.07) is 20.3. The van der Waals surface area contributed by atoms with Crippen molar-refractivity contribution >= 4 is 62.2 Å². The van der Waals surface area contributed by atoms with Crippen molar-refractivity contribution in [3.8, 4) is 5.75 Å². The minimum atomic E-state index is -0.373. The molecule has 0 radical (unpaired) electrons. The molecule has 31 heavy (non-hydrogen) atoms. The molecule has 1 aliphatic rings. The van der Waals surface area contributed by atoms with E-state index in [1.165, 1.54) is 0 Å². The standard InChI is InChI=1S/C24H17BrClNO3S/c1-15-3-2-4-16(11-15)14-30-21-10-5-18(25)12-17(21)13-22-23(28)27(24(29)31-22)20-8-6-19(26)7-9-20/h2-13H,14H2,1H3/b22-13+. The average molecular weight is 515 g/mol. The summed E-state index contributed by atoms with van der Waals surface area (Å²) < 4.78 is 6.88. The Morgan fingerprint density at radius 1 is 1.06 bits per heavy atom. The van der Waals surface area contributed by atoms with Crippen molar-refractivity contribution in [2.24, 2.45) is 0 Å². The van der Waals surface area contributed by atoms with Crippen LogP contribution in [0.15, 0.2) is 76.1 Å². The maximum atomic E-state index is 12.9. The summed E-state index contributed by atoms with van der Waals surface area (Å²) in [4.78, 5) is 27.0. The largest absolute Gasteiger partial charge is 0.488 e. The first-order chi connectivity index (χ1) is 14.9. The third-order valence-corrected chi connectivity index (χ3v) is 6.23. The fourth-order valence-corrected chi connectivity index (χ4v) is 4.49. The lowest BCUT2D eigenvalue weighted by Gasteiger charge is -2.12. The lowest BCUT2D eigenvalue weighted by molar-refractivity contribution is -0.113. The number of carbonyl (C=O) groups excluding carboxylic acids is 2. The molecule has 3 aromatic rings. The number of hydrogen-bond acceptors (Lipinski definition) is 4. The Morgan fingerprint density at radius 2 is 1.84 bits per heavy atom. The molecule has 0 atom stereocenters. The number of amides is 2. The number of thioether (sulfide) groups is 1. The maximum absolute atomic E-state index is 12.9. The molecule has 7 heteroatoms. The predicted molar refractivity (Wildman–Crippen MR) is 130 cm³/mol. The Labute approximate surface area is 198 Å². The fraction of sp³-hybridized carbons (Fsp3) is 0.0833. The topological polar surface area (TPSA) is 46.6 Å². The number of hydrogen-bond donors (Lipinski definition) is 0. The molecule has 0 aliphatic carbocycles. The molecular formula is C24H17BrClNO3S. The molecule has 1 heterocycles. The molecule has 156 valence electrons. The van der Waals surface area contributed by atoms with Crippen molar-refractivity contribution in [1.82, 2.24) is 0 Å². The van der Waals surface area contributed by atoms with Crippen LogP contribution in [-0.2, 0) is 11.4 Å². The molecule has 0 spiro atoms. The van der Waals surface area contributed by atoms with E-state index in [-0.39, 0.29) is 11.1 Å². The van der Waals surface area contributed by atoms with Crippen LogP contribution < -0.4 is 9.64 Å². The molecule has 1 fully saturated rings. The summed E-state index contributed by atoms with van der Waals surface area (Å²) in [5.41, 5.74) is 3.41. The first kappa shape index (κ1) is 21.7. The lowest BCUT2D eigenvalue weighted by atomic mass is 10.1. The van der Waals surface area contributed by atoms with Crippen LogP contribution >= 0.6 is 39.3 Å². The third-order valence-electron chi connectivity index (χ3n) is 4.61. The van der Waals surface area contributed by atoms with Crippen molar-refractivity contribution in [1.29, 1.82) is 0 Å². The zero-order valence-corrected chi connectivity index (χ0v) is 19.6. The van der Waals surface area contributed by atoms with E-state index in [2.05, 4.69) is 22.0 Å². The van der Waals surface area contributed by atoms with Gasteiger partial charge in [0, 0.05) is 15.1 Å². The number of ether oxygens (including phenoxy) is 1. The second-order valence-corrected chi connectivity index (χ2v) is 9.30. The molecule has 0 unspecified atom stereocenters. The highest BCUT2D eigenvalue weighted by Gasteiger charge is 2.36. The van der Waals surface area contributed by atoms with E-state index in [9.17, 15) is 9.59 Å². The van der Waals surface area contributed by atoms with Gasteiger partial charge in [-0.05, 0) is 72.8 Å². The Morgan fingerprint density at radius 3 is 2.58 bits per heavy atom. The molecule has 1 saturated heterocycles. The van der Waals surface area contributed by atoms with Gasteiger partial charge in [0.2, 0.25) is 0 Å². The van der Waals surface area contributed by atoms with Gasteiger partial charge >= 0.3 is 0 Å². The molecule has 0 N–H and O–H groups in total. The van der Waals surface area contributed by atoms with Crippen molar-refractivity contribution in [3.05, 3.63) is 97.8 Å². The molecule has 1 aliphatic heterocycles. The summed E-state index contributed by atoms with van der Waals surface area (Å²) >= 11 is 10.3. The highest BCUT2D eigenvalue weighted by Crippen LogP contribution is 2.37. The highest BCUT2D eigenvalue weighted by atomic mass is 79.9. The first-order valence-electron chi connectivity index (χ1n) is 9.42. The Bertz CT molecular complexity index is 1190. The number of aryl methyl sites for hydroxylation is 1. The molecule has 2 amide bonds. The van der Waals surface area contributed by atoms with Crippen LogP contribution in [0.2, 0.25) is 5.02 Å². The number of nitrogens with zero attached hydrogens (tertiary/aromatic N) is 1. The monoisotopic (exact) mass is 513 g/mol. The zero-order chi connectivity index (χ0) is 22.0. The van der Waals surface area contributed by atoms with Crippen LogP contribution in [0.4, 0.5) is 10.5 Å². The second kappa shape index (κ2) is 9.30. The van der Waals surface area contributed by atoms with Gasteiger partial charge in [-0.1, -0.05) is 57.4 Å². The fourth-order valence-electron chi connectivity index (χ4n) is 3.15. The van der Waals surface area contributed by atoms with E-state index in [0.717, 1.165) is 32.3 Å². The van der Waals surface area contributed by atoms with Crippen molar-refractivity contribution in [2.45, 2.75) is 13.5 Å². The third kappa shape index (κ3) is 5.03. The van der Waals surface area contributed by atoms with Crippen molar-refractivity contribution < 1.29 is 14.3 Å². The lowest BCUT2D eigenvalue weighted by Crippen LogP contribution is -2.27. The summed E-state index contributed by atoms with van der Waals surface area (Å²) in [5.74, 6) is 0.255. The molecule has 0 aromatic heterocycles. The van der Waals surface area contributed by atoms with Gasteiger partial charge in [-0.25, -0.2) is 4.90 Å². The SMILES string of the molecule is Cc1cccc(COc2ccc(Br)cc2/C=C2/SC(=O)N(c3ccc(Cl)cc3)C2=O)c1. The van der Waals surface area contributed by atoms with Gasteiger partial charge in [-0.15, -0.1) is 0 Å². The minimum absolute atomic E-state index is 0.332. The molecular weight excluding hydrogens is 498 g/mol. The van der Waals surface area contributed by atoms with Gasteiger partial charge < -0.3 is 4.74 Å². The van der Waals surface area contributed by atoms with Crippen LogP contribution in [-0.4, -0.2) is 11.1 Å². The number of anilines is 1. The smallest absolute Gasteiger partial charge is 0.298 e. The summed E-state index contributed by atoms with van der Waals surface area (Å²) in [7, 11) is 0. The zero-order valence-electron chi connectivity index (χ0n) is 16.5. The van der Waals surface area contributed by atoms with Crippen LogP contribution in [0, 0.1) is 6.92 Å². The average Bonchev–Trinajstić information content (AvgIpc) is 3.01. The number of halogens is 2. The van der Waals surface area contributed by atoms with Crippen LogP contribution in [0.25, 0.3) is 6.08 Å². The van der Waals surface area contributed by atoms with E-state index >= 15 is 0 Å². The van der Waals surface area contributed by atoms with E-state index in [1.807, 2.05) is 43.3 Å². The minimum Gasteiger partial charge on any atom is -0.488 e. The maximum Gasteiger partial charge on any atom is 0.298 e. The molecule has 3 aromatic carbocycles. The second-order valence-electron chi connectivity index (χ2n) is 6.95. The Kier molecular flexibility index (Phi) is 6.51. The molecule has 4 nitrogen and oxygen atoms in total. The van der Waals surface area contributed by atoms with Gasteiger partial charge in [0.05, 0.1) is 10.6 Å². The normalized spacial score (nSPS) is 15.1. The van der Waals surface area contributed by atoms with Crippen LogP contribution in [0.5, 0.6) is 5.75 Å². The van der Waals surface area contributed by atoms with E-state index in [0.29, 0.717) is 33.5 Å². The van der Waals surface area contributed by atoms with Gasteiger partial charge in [0.1, 0.15) is 12.4 Å². The van der Waals surface area contributed by atoms with Crippen LogP contribution in [0.3, 0.4) is 0 Å². The number of rotatable bonds is 5. The number of carbonyl (C=O) groups is 2. The molecule has 4 rings (SSSR count). The Balaban J connectivity index is 1.60. The Hall–Kier alpha value is -2.54. The first-order valence-corrected chi connectivity index (χ1v) is 11.4. The van der Waals surface area contributed by atoms with Crippen LogP contribution in [0.1, 0.15) is 16.7 Å². The summed E-state index contributed by atoms with van der Waals surface area (Å²) in [5, 5.41) is 0.187. The number of benzene rings is 3. The van der Waals surface area contributed by atoms with Crippen molar-refractivity contribution in [3.63, 3.8) is 0 Å². The van der Waals surface area contributed by atoms with E-state index in [1.54, 1.807) is 30.3 Å². The summed E-state index contributed by atoms with van der Waals surface area (Å²) in [6.45, 7) is 2.43. The van der Waals surface area contributed by atoms with Gasteiger partial charge in [0.15, 0.2) is 0 Å². The van der Waals surface area contributed by atoms with Gasteiger partial charge in [0.25, 0.3) is 11.1 Å². The highest BCUT2D eigenvalue weighted by molar-refractivity contribution is 9.10. The number of imide groups is 1. The summed E-state index contributed by atoms with van der Waals surface area (Å²) in [6.07, 6.45) is 1.69. The van der Waals surface area contributed by atoms with Gasteiger partial charge in [-0.2, -0.15) is 0 Å². The predicted octanol–water partition coefficient (Wildman–Crippen LogP) is 7.23. The molecule has 0 saturated carbocycles. The quantitative estimate of drug-likeness (QED) is 0.337. The van der Waals surface area contributed by atoms with Crippen molar-refractivity contribution in [2.75, 3.05) is 4.90 Å². The van der Waals surface area contributed by atoms with Gasteiger partial charge in [-0.3, -0.25) is 9.59 Å².